The zero-order valence-corrected chi connectivity index (χ0v) is 10.1. The van der Waals surface area contributed by atoms with Crippen LogP contribution in [0.3, 0.4) is 0 Å². The van der Waals surface area contributed by atoms with Crippen molar-refractivity contribution in [3.8, 4) is 5.75 Å². The van der Waals surface area contributed by atoms with Crippen molar-refractivity contribution in [2.75, 3.05) is 7.11 Å². The number of aromatic nitrogens is 1. The van der Waals surface area contributed by atoms with E-state index in [2.05, 4.69) is 10.3 Å². The van der Waals surface area contributed by atoms with Gasteiger partial charge in [-0.2, -0.15) is 0 Å². The summed E-state index contributed by atoms with van der Waals surface area (Å²) in [5.41, 5.74) is 1.64. The number of ether oxygens (including phenoxy) is 1. The van der Waals surface area contributed by atoms with E-state index in [1.54, 1.807) is 7.11 Å². The summed E-state index contributed by atoms with van der Waals surface area (Å²) in [6.45, 7) is 0.487. The first-order chi connectivity index (χ1) is 8.78. The molecule has 1 N–H and O–H groups in total. The van der Waals surface area contributed by atoms with E-state index >= 15 is 0 Å². The summed E-state index contributed by atoms with van der Waals surface area (Å²) in [6.07, 6.45) is 3.01. The molecule has 0 aliphatic heterocycles. The molecule has 2 rings (SSSR count). The van der Waals surface area contributed by atoms with Crippen LogP contribution in [0.15, 0.2) is 41.3 Å². The molecule has 0 saturated carbocycles. The molecule has 5 heteroatoms. The number of nitrogens with zero attached hydrogens (tertiary/aromatic N) is 1. The molecule has 2 aromatic rings. The quantitative estimate of drug-likeness (QED) is 0.869. The topological polar surface area (TPSA) is 64.4 Å². The molecule has 0 fully saturated rings. The van der Waals surface area contributed by atoms with E-state index in [9.17, 15) is 4.79 Å². The van der Waals surface area contributed by atoms with Gasteiger partial charge in [0.2, 0.25) is 5.91 Å². The Labute approximate surface area is 105 Å². The molecular weight excluding hydrogens is 232 g/mol. The molecule has 5 nitrogen and oxygen atoms in total. The number of carbonyl (C=O) groups is 1. The first kappa shape index (κ1) is 12.2. The Morgan fingerprint density at radius 1 is 1.39 bits per heavy atom. The molecule has 0 spiro atoms. The van der Waals surface area contributed by atoms with E-state index in [4.69, 9.17) is 9.15 Å². The van der Waals surface area contributed by atoms with Crippen molar-refractivity contribution in [1.82, 2.24) is 10.3 Å². The molecule has 18 heavy (non-hydrogen) atoms. The monoisotopic (exact) mass is 246 g/mol. The van der Waals surface area contributed by atoms with Crippen LogP contribution in [0.4, 0.5) is 0 Å². The standard InChI is InChI=1S/C13H14N2O3/c1-17-12-4-2-10(3-5-12)7-14-13(16)6-11-8-18-9-15-11/h2-5,8-9H,6-7H2,1H3,(H,14,16). The molecule has 1 amide bonds. The Kier molecular flexibility index (Phi) is 3.96. The SMILES string of the molecule is COc1ccc(CNC(=O)Cc2cocn2)cc1. The lowest BCUT2D eigenvalue weighted by atomic mass is 10.2. The maximum Gasteiger partial charge on any atom is 0.226 e. The minimum atomic E-state index is -0.0836. The summed E-state index contributed by atoms with van der Waals surface area (Å²) in [5, 5.41) is 2.81. The number of hydrogen-bond donors (Lipinski definition) is 1. The van der Waals surface area contributed by atoms with Crippen LogP contribution in [0.5, 0.6) is 5.75 Å². The highest BCUT2D eigenvalue weighted by Gasteiger charge is 2.05. The third-order valence-electron chi connectivity index (χ3n) is 2.47. The van der Waals surface area contributed by atoms with Crippen LogP contribution in [0.25, 0.3) is 0 Å². The van der Waals surface area contributed by atoms with Gasteiger partial charge in [0, 0.05) is 6.54 Å². The minimum absolute atomic E-state index is 0.0836. The van der Waals surface area contributed by atoms with Gasteiger partial charge in [-0.1, -0.05) is 12.1 Å². The molecule has 0 saturated heterocycles. The predicted molar refractivity (Wildman–Crippen MR) is 65.0 cm³/mol. The molecule has 94 valence electrons. The predicted octanol–water partition coefficient (Wildman–Crippen LogP) is 1.54. The second-order valence-electron chi connectivity index (χ2n) is 3.78. The van der Waals surface area contributed by atoms with E-state index in [0.29, 0.717) is 12.2 Å². The fraction of sp³-hybridized carbons (Fsp3) is 0.231. The lowest BCUT2D eigenvalue weighted by Gasteiger charge is -2.05. The highest BCUT2D eigenvalue weighted by Crippen LogP contribution is 2.10. The number of rotatable bonds is 5. The summed E-state index contributed by atoms with van der Waals surface area (Å²) < 4.78 is 9.86. The zero-order chi connectivity index (χ0) is 12.8. The smallest absolute Gasteiger partial charge is 0.226 e. The van der Waals surface area contributed by atoms with Gasteiger partial charge < -0.3 is 14.5 Å². The Bertz CT molecular complexity index is 491. The van der Waals surface area contributed by atoms with Crippen LogP contribution >= 0.6 is 0 Å². The number of oxazole rings is 1. The first-order valence-corrected chi connectivity index (χ1v) is 5.54. The van der Waals surface area contributed by atoms with Crippen molar-refractivity contribution < 1.29 is 13.9 Å². The van der Waals surface area contributed by atoms with Gasteiger partial charge in [-0.3, -0.25) is 4.79 Å². The Balaban J connectivity index is 1.81. The van der Waals surface area contributed by atoms with Crippen molar-refractivity contribution in [2.24, 2.45) is 0 Å². The maximum atomic E-state index is 11.6. The van der Waals surface area contributed by atoms with E-state index in [0.717, 1.165) is 11.3 Å². The van der Waals surface area contributed by atoms with Crippen LogP contribution in [0.1, 0.15) is 11.3 Å². The molecule has 0 bridgehead atoms. The average molecular weight is 246 g/mol. The van der Waals surface area contributed by atoms with Crippen molar-refractivity contribution in [3.63, 3.8) is 0 Å². The summed E-state index contributed by atoms with van der Waals surface area (Å²) in [4.78, 5) is 15.5. The zero-order valence-electron chi connectivity index (χ0n) is 10.1. The van der Waals surface area contributed by atoms with Crippen LogP contribution in [-0.4, -0.2) is 18.0 Å². The van der Waals surface area contributed by atoms with Crippen molar-refractivity contribution in [2.45, 2.75) is 13.0 Å². The van der Waals surface area contributed by atoms with Gasteiger partial charge in [0.25, 0.3) is 0 Å². The molecule has 0 aliphatic rings. The first-order valence-electron chi connectivity index (χ1n) is 5.54. The van der Waals surface area contributed by atoms with Crippen LogP contribution in [0.2, 0.25) is 0 Å². The van der Waals surface area contributed by atoms with E-state index in [1.165, 1.54) is 12.7 Å². The van der Waals surface area contributed by atoms with Gasteiger partial charge >= 0.3 is 0 Å². The van der Waals surface area contributed by atoms with Crippen LogP contribution in [0, 0.1) is 0 Å². The number of hydrogen-bond acceptors (Lipinski definition) is 4. The van der Waals surface area contributed by atoms with Crippen molar-refractivity contribution in [3.05, 3.63) is 48.2 Å². The fourth-order valence-electron chi connectivity index (χ4n) is 1.50. The number of carbonyl (C=O) groups excluding carboxylic acids is 1. The number of amides is 1. The molecule has 0 aliphatic carbocycles. The minimum Gasteiger partial charge on any atom is -0.497 e. The molecule has 0 radical (unpaired) electrons. The lowest BCUT2D eigenvalue weighted by molar-refractivity contribution is -0.120. The van der Waals surface area contributed by atoms with Gasteiger partial charge in [-0.15, -0.1) is 0 Å². The number of nitrogens with one attached hydrogen (secondary N) is 1. The van der Waals surface area contributed by atoms with E-state index < -0.39 is 0 Å². The molecule has 1 aromatic carbocycles. The van der Waals surface area contributed by atoms with Gasteiger partial charge in [0.15, 0.2) is 6.39 Å². The number of benzene rings is 1. The van der Waals surface area contributed by atoms with Crippen molar-refractivity contribution >= 4 is 5.91 Å². The molecule has 1 heterocycles. The Morgan fingerprint density at radius 3 is 2.78 bits per heavy atom. The summed E-state index contributed by atoms with van der Waals surface area (Å²) >= 11 is 0. The molecular formula is C13H14N2O3. The van der Waals surface area contributed by atoms with Gasteiger partial charge in [0.05, 0.1) is 19.2 Å². The molecule has 0 atom stereocenters. The van der Waals surface area contributed by atoms with Gasteiger partial charge in [-0.25, -0.2) is 4.98 Å². The third-order valence-corrected chi connectivity index (χ3v) is 2.47. The Hall–Kier alpha value is -2.30. The normalized spacial score (nSPS) is 10.1. The third kappa shape index (κ3) is 3.35. The Morgan fingerprint density at radius 2 is 2.17 bits per heavy atom. The van der Waals surface area contributed by atoms with E-state index in [1.807, 2.05) is 24.3 Å². The fourth-order valence-corrected chi connectivity index (χ4v) is 1.50. The highest BCUT2D eigenvalue weighted by molar-refractivity contribution is 5.77. The number of methoxy groups -OCH3 is 1. The summed E-state index contributed by atoms with van der Waals surface area (Å²) in [6, 6.07) is 7.54. The van der Waals surface area contributed by atoms with Gasteiger partial charge in [-0.05, 0) is 17.7 Å². The van der Waals surface area contributed by atoms with E-state index in [-0.39, 0.29) is 12.3 Å². The van der Waals surface area contributed by atoms with Crippen LogP contribution in [-0.2, 0) is 17.8 Å². The summed E-state index contributed by atoms with van der Waals surface area (Å²) in [5.74, 6) is 0.715. The van der Waals surface area contributed by atoms with Gasteiger partial charge in [0.1, 0.15) is 12.0 Å². The second-order valence-corrected chi connectivity index (χ2v) is 3.78. The largest absolute Gasteiger partial charge is 0.497 e. The molecule has 1 aromatic heterocycles. The average Bonchev–Trinajstić information content (AvgIpc) is 2.90. The summed E-state index contributed by atoms with van der Waals surface area (Å²) in [7, 11) is 1.62. The maximum absolute atomic E-state index is 11.6. The molecule has 0 unspecified atom stereocenters. The van der Waals surface area contributed by atoms with Crippen LogP contribution < -0.4 is 10.1 Å². The van der Waals surface area contributed by atoms with Crippen molar-refractivity contribution in [1.29, 1.82) is 0 Å². The highest BCUT2D eigenvalue weighted by atomic mass is 16.5. The second kappa shape index (κ2) is 5.86. The lowest BCUT2D eigenvalue weighted by Crippen LogP contribution is -2.24.